The first kappa shape index (κ1) is 16.8. The predicted molar refractivity (Wildman–Crippen MR) is 89.9 cm³/mol. The fraction of sp³-hybridized carbons (Fsp3) is 0.267. The minimum absolute atomic E-state index is 0.284. The molecule has 2 rings (SSSR count). The van der Waals surface area contributed by atoms with E-state index in [-0.39, 0.29) is 5.91 Å². The van der Waals surface area contributed by atoms with Gasteiger partial charge in [0.05, 0.1) is 11.9 Å². The smallest absolute Gasteiger partial charge is 0.323 e. The lowest BCUT2D eigenvalue weighted by molar-refractivity contribution is 0.0945. The molecule has 7 nitrogen and oxygen atoms in total. The number of hydrogen-bond acceptors (Lipinski definition) is 3. The van der Waals surface area contributed by atoms with Gasteiger partial charge in [-0.1, -0.05) is 18.5 Å². The number of aromatic nitrogens is 2. The summed E-state index contributed by atoms with van der Waals surface area (Å²) in [7, 11) is 1.64. The molecule has 0 fully saturated rings. The van der Waals surface area contributed by atoms with Crippen molar-refractivity contribution >= 4 is 34.9 Å². The molecule has 0 saturated heterocycles. The number of amides is 3. The zero-order chi connectivity index (χ0) is 16.8. The number of nitrogens with zero attached hydrogens (tertiary/aromatic N) is 2. The highest BCUT2D eigenvalue weighted by Crippen LogP contribution is 2.16. The van der Waals surface area contributed by atoms with Gasteiger partial charge in [-0.25, -0.2) is 4.79 Å². The van der Waals surface area contributed by atoms with Crippen LogP contribution in [0.2, 0.25) is 5.02 Å². The van der Waals surface area contributed by atoms with Gasteiger partial charge in [-0.15, -0.1) is 0 Å². The van der Waals surface area contributed by atoms with E-state index in [2.05, 4.69) is 21.0 Å². The number of aryl methyl sites for hydroxylation is 1. The maximum absolute atomic E-state index is 12.1. The molecule has 0 aliphatic heterocycles. The Kier molecular flexibility index (Phi) is 5.59. The second kappa shape index (κ2) is 7.64. The summed E-state index contributed by atoms with van der Waals surface area (Å²) in [6, 6.07) is 6.24. The minimum atomic E-state index is -0.468. The number of benzene rings is 1. The molecule has 8 heteroatoms. The maximum Gasteiger partial charge on any atom is 0.323 e. The Morgan fingerprint density at radius 2 is 1.91 bits per heavy atom. The molecule has 0 aliphatic carbocycles. The summed E-state index contributed by atoms with van der Waals surface area (Å²) >= 11 is 5.79. The van der Waals surface area contributed by atoms with Crippen LogP contribution in [0.3, 0.4) is 0 Å². The summed E-state index contributed by atoms with van der Waals surface area (Å²) in [6.07, 6.45) is 2.26. The number of carbonyl (C=O) groups excluding carboxylic acids is 2. The lowest BCUT2D eigenvalue weighted by Crippen LogP contribution is -2.28. The van der Waals surface area contributed by atoms with Gasteiger partial charge >= 0.3 is 6.03 Å². The van der Waals surface area contributed by atoms with Crippen LogP contribution >= 0.6 is 11.6 Å². The molecule has 1 aromatic heterocycles. The quantitative estimate of drug-likeness (QED) is 0.785. The second-order valence-corrected chi connectivity index (χ2v) is 5.31. The molecule has 0 radical (unpaired) electrons. The summed E-state index contributed by atoms with van der Waals surface area (Å²) in [5.41, 5.74) is 1.23. The normalized spacial score (nSPS) is 10.2. The molecule has 2 aromatic rings. The highest BCUT2D eigenvalue weighted by atomic mass is 35.5. The molecule has 3 amide bonds. The van der Waals surface area contributed by atoms with Gasteiger partial charge < -0.3 is 16.0 Å². The van der Waals surface area contributed by atoms with Crippen LogP contribution in [0.1, 0.15) is 23.8 Å². The monoisotopic (exact) mass is 335 g/mol. The minimum Gasteiger partial charge on any atom is -0.351 e. The molecule has 0 saturated carbocycles. The van der Waals surface area contributed by atoms with Gasteiger partial charge in [0, 0.05) is 24.3 Å². The standard InChI is InChI=1S/C15H18ClN5O2/c1-3-8-17-14(22)13-12(9-18-21(13)2)20-15(23)19-11-6-4-10(16)5-7-11/h4-7,9H,3,8H2,1-2H3,(H,17,22)(H2,19,20,23). The van der Waals surface area contributed by atoms with Gasteiger partial charge in [0.2, 0.25) is 0 Å². The Morgan fingerprint density at radius 3 is 2.57 bits per heavy atom. The molecule has 0 aliphatic rings. The molecule has 1 aromatic carbocycles. The molecule has 0 unspecified atom stereocenters. The largest absolute Gasteiger partial charge is 0.351 e. The highest BCUT2D eigenvalue weighted by Gasteiger charge is 2.18. The van der Waals surface area contributed by atoms with Crippen LogP contribution in [-0.4, -0.2) is 28.3 Å². The van der Waals surface area contributed by atoms with Crippen LogP contribution in [0.25, 0.3) is 0 Å². The third-order valence-corrected chi connectivity index (χ3v) is 3.29. The van der Waals surface area contributed by atoms with Gasteiger partial charge in [0.1, 0.15) is 5.69 Å². The zero-order valence-corrected chi connectivity index (χ0v) is 13.6. The van der Waals surface area contributed by atoms with Crippen LogP contribution in [0.4, 0.5) is 16.2 Å². The Bertz CT molecular complexity index is 696. The fourth-order valence-corrected chi connectivity index (χ4v) is 2.06. The van der Waals surface area contributed by atoms with Crippen molar-refractivity contribution in [3.05, 3.63) is 41.2 Å². The Balaban J connectivity index is 2.06. The summed E-state index contributed by atoms with van der Waals surface area (Å²) in [5.74, 6) is -0.284. The van der Waals surface area contributed by atoms with Crippen LogP contribution < -0.4 is 16.0 Å². The molecule has 0 atom stereocenters. The first-order valence-electron chi connectivity index (χ1n) is 7.15. The zero-order valence-electron chi connectivity index (χ0n) is 12.9. The lowest BCUT2D eigenvalue weighted by Gasteiger charge is -2.09. The molecule has 122 valence electrons. The second-order valence-electron chi connectivity index (χ2n) is 4.87. The van der Waals surface area contributed by atoms with E-state index >= 15 is 0 Å². The van der Waals surface area contributed by atoms with Crippen LogP contribution in [0, 0.1) is 0 Å². The van der Waals surface area contributed by atoms with E-state index in [9.17, 15) is 9.59 Å². The number of nitrogens with one attached hydrogen (secondary N) is 3. The topological polar surface area (TPSA) is 88.1 Å². The number of urea groups is 1. The Labute approximate surface area is 139 Å². The number of hydrogen-bond donors (Lipinski definition) is 3. The molecular weight excluding hydrogens is 318 g/mol. The van der Waals surface area contributed by atoms with Crippen molar-refractivity contribution in [2.45, 2.75) is 13.3 Å². The SMILES string of the molecule is CCCNC(=O)c1c(NC(=O)Nc2ccc(Cl)cc2)cnn1C. The van der Waals surface area contributed by atoms with E-state index in [0.717, 1.165) is 6.42 Å². The van der Waals surface area contributed by atoms with Gasteiger partial charge in [-0.2, -0.15) is 5.10 Å². The molecule has 0 spiro atoms. The summed E-state index contributed by atoms with van der Waals surface area (Å²) in [4.78, 5) is 24.2. The first-order chi connectivity index (χ1) is 11.0. The third-order valence-electron chi connectivity index (χ3n) is 3.04. The molecule has 0 bridgehead atoms. The molecule has 3 N–H and O–H groups in total. The van der Waals surface area contributed by atoms with Crippen molar-refractivity contribution in [2.24, 2.45) is 7.05 Å². The van der Waals surface area contributed by atoms with Crippen molar-refractivity contribution in [1.29, 1.82) is 0 Å². The summed E-state index contributed by atoms with van der Waals surface area (Å²) in [6.45, 7) is 2.52. The number of carbonyl (C=O) groups is 2. The van der Waals surface area contributed by atoms with Crippen molar-refractivity contribution in [3.63, 3.8) is 0 Å². The van der Waals surface area contributed by atoms with Crippen molar-refractivity contribution in [1.82, 2.24) is 15.1 Å². The van der Waals surface area contributed by atoms with Crippen molar-refractivity contribution in [3.8, 4) is 0 Å². The maximum atomic E-state index is 12.1. The van der Waals surface area contributed by atoms with E-state index in [1.165, 1.54) is 10.9 Å². The van der Waals surface area contributed by atoms with Gasteiger partial charge in [-0.05, 0) is 30.7 Å². The summed E-state index contributed by atoms with van der Waals surface area (Å²) < 4.78 is 1.42. The molecular formula is C15H18ClN5O2. The number of halogens is 1. The van der Waals surface area contributed by atoms with Crippen LogP contribution in [0.5, 0.6) is 0 Å². The van der Waals surface area contributed by atoms with E-state index in [1.54, 1.807) is 31.3 Å². The van der Waals surface area contributed by atoms with E-state index in [1.807, 2.05) is 6.92 Å². The van der Waals surface area contributed by atoms with Gasteiger partial charge in [0.15, 0.2) is 0 Å². The van der Waals surface area contributed by atoms with Crippen molar-refractivity contribution < 1.29 is 9.59 Å². The Hall–Kier alpha value is -2.54. The molecule has 23 heavy (non-hydrogen) atoms. The van der Waals surface area contributed by atoms with Gasteiger partial charge in [0.25, 0.3) is 5.91 Å². The van der Waals surface area contributed by atoms with Gasteiger partial charge in [-0.3, -0.25) is 9.48 Å². The number of rotatable bonds is 5. The Morgan fingerprint density at radius 1 is 1.22 bits per heavy atom. The molecule has 1 heterocycles. The van der Waals surface area contributed by atoms with E-state index in [4.69, 9.17) is 11.6 Å². The summed E-state index contributed by atoms with van der Waals surface area (Å²) in [5, 5.41) is 12.6. The lowest BCUT2D eigenvalue weighted by atomic mass is 10.3. The third kappa shape index (κ3) is 4.46. The highest BCUT2D eigenvalue weighted by molar-refractivity contribution is 6.30. The average molecular weight is 336 g/mol. The first-order valence-corrected chi connectivity index (χ1v) is 7.52. The predicted octanol–water partition coefficient (Wildman–Crippen LogP) is 2.86. The van der Waals surface area contributed by atoms with Crippen LogP contribution in [0.15, 0.2) is 30.5 Å². The van der Waals surface area contributed by atoms with E-state index in [0.29, 0.717) is 28.6 Å². The van der Waals surface area contributed by atoms with Crippen LogP contribution in [-0.2, 0) is 7.05 Å². The fourth-order valence-electron chi connectivity index (χ4n) is 1.94. The number of anilines is 2. The van der Waals surface area contributed by atoms with Crippen molar-refractivity contribution in [2.75, 3.05) is 17.2 Å². The average Bonchev–Trinajstić information content (AvgIpc) is 2.87. The van der Waals surface area contributed by atoms with E-state index < -0.39 is 6.03 Å².